The van der Waals surface area contributed by atoms with Crippen molar-refractivity contribution < 1.29 is 14.4 Å². The molecular weight excluding hydrogens is 428 g/mol. The van der Waals surface area contributed by atoms with Crippen molar-refractivity contribution in [3.8, 4) is 0 Å². The summed E-state index contributed by atoms with van der Waals surface area (Å²) in [6, 6.07) is -1.27. The van der Waals surface area contributed by atoms with E-state index < -0.39 is 23.5 Å². The van der Waals surface area contributed by atoms with E-state index in [1.807, 2.05) is 20.8 Å². The van der Waals surface area contributed by atoms with E-state index in [4.69, 9.17) is 5.73 Å². The molecule has 0 aromatic rings. The molecule has 7 nitrogen and oxygen atoms in total. The second-order valence-corrected chi connectivity index (χ2v) is 11.1. The predicted octanol–water partition coefficient (Wildman–Crippen LogP) is 3.89. The highest BCUT2D eigenvalue weighted by Gasteiger charge is 2.48. The molecule has 34 heavy (non-hydrogen) atoms. The summed E-state index contributed by atoms with van der Waals surface area (Å²) in [5.41, 5.74) is 4.97. The third-order valence-corrected chi connectivity index (χ3v) is 7.71. The van der Waals surface area contributed by atoms with Gasteiger partial charge in [0.1, 0.15) is 12.1 Å². The maximum atomic E-state index is 13.7. The molecule has 2 rings (SSSR count). The molecule has 0 bridgehead atoms. The van der Waals surface area contributed by atoms with Crippen molar-refractivity contribution in [2.24, 2.45) is 17.6 Å². The molecule has 2 fully saturated rings. The fourth-order valence-electron chi connectivity index (χ4n) is 5.88. The van der Waals surface area contributed by atoms with Crippen LogP contribution in [0.3, 0.4) is 0 Å². The van der Waals surface area contributed by atoms with Gasteiger partial charge in [0, 0.05) is 6.54 Å². The van der Waals surface area contributed by atoms with Gasteiger partial charge in [-0.2, -0.15) is 0 Å². The van der Waals surface area contributed by atoms with Gasteiger partial charge in [-0.15, -0.1) is 0 Å². The Hall–Kier alpha value is -1.63. The minimum absolute atomic E-state index is 0.0418. The van der Waals surface area contributed by atoms with Gasteiger partial charge >= 0.3 is 0 Å². The molecule has 1 heterocycles. The lowest BCUT2D eigenvalue weighted by Gasteiger charge is -2.33. The van der Waals surface area contributed by atoms with Crippen LogP contribution < -0.4 is 16.4 Å². The number of hydrogen-bond donors (Lipinski definition) is 3. The fraction of sp³-hybridized carbons (Fsp3) is 0.889. The molecular formula is C27H50N4O3. The van der Waals surface area contributed by atoms with Crippen molar-refractivity contribution in [1.29, 1.82) is 0 Å². The van der Waals surface area contributed by atoms with E-state index >= 15 is 0 Å². The maximum Gasteiger partial charge on any atom is 0.243 e. The number of amides is 3. The number of carbonyl (C=O) groups is 3. The van der Waals surface area contributed by atoms with Gasteiger partial charge in [-0.25, -0.2) is 0 Å². The molecule has 1 aliphatic carbocycles. The average molecular weight is 479 g/mol. The van der Waals surface area contributed by atoms with Crippen LogP contribution in [0.25, 0.3) is 0 Å². The third-order valence-electron chi connectivity index (χ3n) is 7.71. The molecule has 3 atom stereocenters. The summed E-state index contributed by atoms with van der Waals surface area (Å²) in [5.74, 6) is 0.329. The average Bonchev–Trinajstić information content (AvgIpc) is 3.11. The van der Waals surface area contributed by atoms with Crippen molar-refractivity contribution in [2.45, 2.75) is 129 Å². The number of likely N-dealkylation sites (tertiary alicyclic amines) is 1. The van der Waals surface area contributed by atoms with Gasteiger partial charge in [0.05, 0.1) is 5.54 Å². The van der Waals surface area contributed by atoms with E-state index in [1.165, 1.54) is 38.5 Å². The number of rotatable bonds is 15. The molecule has 0 aromatic carbocycles. The Morgan fingerprint density at radius 2 is 1.85 bits per heavy atom. The zero-order valence-corrected chi connectivity index (χ0v) is 22.2. The van der Waals surface area contributed by atoms with Crippen LogP contribution in [-0.2, 0) is 14.4 Å². The topological polar surface area (TPSA) is 105 Å². The van der Waals surface area contributed by atoms with E-state index in [1.54, 1.807) is 4.90 Å². The fourth-order valence-corrected chi connectivity index (χ4v) is 5.88. The van der Waals surface area contributed by atoms with E-state index in [9.17, 15) is 14.4 Å². The third kappa shape index (κ3) is 7.96. The second kappa shape index (κ2) is 14.1. The van der Waals surface area contributed by atoms with Crippen LogP contribution in [-0.4, -0.2) is 53.3 Å². The van der Waals surface area contributed by atoms with Gasteiger partial charge in [-0.1, -0.05) is 72.6 Å². The monoisotopic (exact) mass is 478 g/mol. The second-order valence-electron chi connectivity index (χ2n) is 11.1. The first-order valence-electron chi connectivity index (χ1n) is 13.9. The van der Waals surface area contributed by atoms with E-state index in [0.29, 0.717) is 19.4 Å². The molecule has 7 heteroatoms. The highest BCUT2D eigenvalue weighted by Crippen LogP contribution is 2.31. The summed E-state index contributed by atoms with van der Waals surface area (Å²) in [5, 5.41) is 6.49. The van der Waals surface area contributed by atoms with E-state index in [-0.39, 0.29) is 17.7 Å². The van der Waals surface area contributed by atoms with Crippen LogP contribution >= 0.6 is 0 Å². The molecule has 4 N–H and O–H groups in total. The van der Waals surface area contributed by atoms with Gasteiger partial charge in [0.25, 0.3) is 0 Å². The number of carbonyl (C=O) groups excluding carboxylic acids is 3. The van der Waals surface area contributed by atoms with Crippen molar-refractivity contribution in [3.63, 3.8) is 0 Å². The van der Waals surface area contributed by atoms with Crippen molar-refractivity contribution in [1.82, 2.24) is 15.5 Å². The molecule has 3 amide bonds. The van der Waals surface area contributed by atoms with Crippen LogP contribution in [0.1, 0.15) is 111 Å². The molecule has 1 aliphatic heterocycles. The number of nitrogens with zero attached hydrogens (tertiary/aromatic N) is 1. The Bertz CT molecular complexity index is 662. The number of hydrogen-bond acceptors (Lipinski definition) is 4. The summed E-state index contributed by atoms with van der Waals surface area (Å²) >= 11 is 0. The van der Waals surface area contributed by atoms with Gasteiger partial charge < -0.3 is 21.3 Å². The first kappa shape index (κ1) is 28.6. The smallest absolute Gasteiger partial charge is 0.243 e. The van der Waals surface area contributed by atoms with Gasteiger partial charge in [0.2, 0.25) is 17.7 Å². The Labute approximate surface area is 207 Å². The molecule has 196 valence electrons. The largest absolute Gasteiger partial charge is 0.368 e. The minimum Gasteiger partial charge on any atom is -0.368 e. The zero-order chi connectivity index (χ0) is 25.1. The van der Waals surface area contributed by atoms with Gasteiger partial charge in [-0.05, 0) is 56.9 Å². The zero-order valence-electron chi connectivity index (χ0n) is 22.2. The molecule has 0 aromatic heterocycles. The Morgan fingerprint density at radius 1 is 1.15 bits per heavy atom. The van der Waals surface area contributed by atoms with E-state index in [2.05, 4.69) is 17.6 Å². The van der Waals surface area contributed by atoms with Crippen LogP contribution in [0.15, 0.2) is 0 Å². The number of nitrogens with one attached hydrogen (secondary N) is 2. The van der Waals surface area contributed by atoms with Gasteiger partial charge in [0.15, 0.2) is 0 Å². The highest BCUT2D eigenvalue weighted by molar-refractivity contribution is 5.95. The lowest BCUT2D eigenvalue weighted by molar-refractivity contribution is -0.142. The van der Waals surface area contributed by atoms with Crippen LogP contribution in [0, 0.1) is 11.8 Å². The summed E-state index contributed by atoms with van der Waals surface area (Å²) in [4.78, 5) is 40.6. The molecule has 0 radical (unpaired) electrons. The number of primary amides is 1. The Balaban J connectivity index is 2.03. The van der Waals surface area contributed by atoms with Gasteiger partial charge in [-0.3, -0.25) is 14.4 Å². The van der Waals surface area contributed by atoms with E-state index in [0.717, 1.165) is 44.6 Å². The minimum atomic E-state index is -0.706. The maximum absolute atomic E-state index is 13.7. The van der Waals surface area contributed by atoms with Crippen molar-refractivity contribution in [2.75, 3.05) is 13.1 Å². The normalized spacial score (nSPS) is 23.3. The first-order chi connectivity index (χ1) is 16.2. The quantitative estimate of drug-likeness (QED) is 0.311. The first-order valence-corrected chi connectivity index (χ1v) is 13.9. The molecule has 2 aliphatic rings. The van der Waals surface area contributed by atoms with Crippen LogP contribution in [0.2, 0.25) is 0 Å². The summed E-state index contributed by atoms with van der Waals surface area (Å²) in [6.07, 6.45) is 13.4. The van der Waals surface area contributed by atoms with Crippen molar-refractivity contribution >= 4 is 17.7 Å². The molecule has 1 saturated carbocycles. The predicted molar refractivity (Wildman–Crippen MR) is 137 cm³/mol. The summed E-state index contributed by atoms with van der Waals surface area (Å²) < 4.78 is 0. The summed E-state index contributed by atoms with van der Waals surface area (Å²) in [7, 11) is 0. The lowest BCUT2D eigenvalue weighted by atomic mass is 9.86. The highest BCUT2D eigenvalue weighted by atomic mass is 16.2. The summed E-state index contributed by atoms with van der Waals surface area (Å²) in [6.45, 7) is 9.53. The van der Waals surface area contributed by atoms with Crippen LogP contribution in [0.5, 0.6) is 0 Å². The molecule has 0 spiro atoms. The van der Waals surface area contributed by atoms with Crippen molar-refractivity contribution in [3.05, 3.63) is 0 Å². The Kier molecular flexibility index (Phi) is 11.8. The number of nitrogens with two attached hydrogens (primary N) is 1. The SMILES string of the molecule is CCC[C@H](C(=O)N[C@@H](CC(C)C)C(N)=O)N1CC[C@](CCC)(NCCCC2CCCCC2)C1=O. The lowest BCUT2D eigenvalue weighted by Crippen LogP contribution is -2.57. The molecule has 0 unspecified atom stereocenters. The Morgan fingerprint density at radius 3 is 2.44 bits per heavy atom. The molecule has 1 saturated heterocycles. The van der Waals surface area contributed by atoms with Crippen LogP contribution in [0.4, 0.5) is 0 Å². The standard InChI is InChI=1S/C27H50N4O3/c1-5-11-23(25(33)30-22(24(28)32)19-20(3)4)31-18-16-27(15-6-2,26(31)34)29-17-10-14-21-12-8-7-9-13-21/h20-23,29H,5-19H2,1-4H3,(H2,28,32)(H,30,33)/t22-,23+,27-/m0/s1.